The van der Waals surface area contributed by atoms with Crippen LogP contribution in [-0.4, -0.2) is 23.0 Å². The molecule has 1 unspecified atom stereocenters. The molecule has 1 N–H and O–H groups in total. The van der Waals surface area contributed by atoms with Gasteiger partial charge >= 0.3 is 5.97 Å². The Kier molecular flexibility index (Phi) is 4.26. The van der Waals surface area contributed by atoms with Gasteiger partial charge in [0.2, 0.25) is 5.91 Å². The van der Waals surface area contributed by atoms with Crippen LogP contribution in [0.4, 0.5) is 5.69 Å². The molecular formula is C13H17NO3. The van der Waals surface area contributed by atoms with Gasteiger partial charge in [-0.2, -0.15) is 0 Å². The van der Waals surface area contributed by atoms with Crippen molar-refractivity contribution in [2.24, 2.45) is 0 Å². The van der Waals surface area contributed by atoms with Crippen LogP contribution in [0.25, 0.3) is 0 Å². The monoisotopic (exact) mass is 235 g/mol. The number of hydrogen-bond acceptors (Lipinski definition) is 2. The van der Waals surface area contributed by atoms with Crippen LogP contribution in [0.5, 0.6) is 0 Å². The Hall–Kier alpha value is -1.84. The predicted octanol–water partition coefficient (Wildman–Crippen LogP) is 2.21. The zero-order chi connectivity index (χ0) is 13.0. The number of anilines is 1. The Bertz CT molecular complexity index is 411. The molecule has 0 fully saturated rings. The van der Waals surface area contributed by atoms with Crippen molar-refractivity contribution < 1.29 is 14.7 Å². The van der Waals surface area contributed by atoms with E-state index in [4.69, 9.17) is 5.11 Å². The second-order valence-electron chi connectivity index (χ2n) is 3.99. The second kappa shape index (κ2) is 5.48. The molecule has 1 rings (SSSR count). The van der Waals surface area contributed by atoms with Gasteiger partial charge in [0.1, 0.15) is 6.04 Å². The molecule has 1 amide bonds. The number of aryl methyl sites for hydroxylation is 1. The molecule has 1 aromatic carbocycles. The summed E-state index contributed by atoms with van der Waals surface area (Å²) < 4.78 is 0. The highest BCUT2D eigenvalue weighted by Gasteiger charge is 2.27. The zero-order valence-corrected chi connectivity index (χ0v) is 10.3. The normalized spacial score (nSPS) is 11.9. The van der Waals surface area contributed by atoms with E-state index in [1.807, 2.05) is 19.1 Å². The van der Waals surface area contributed by atoms with Gasteiger partial charge in [-0.15, -0.1) is 0 Å². The molecule has 1 aromatic rings. The lowest BCUT2D eigenvalue weighted by molar-refractivity contribution is -0.140. The van der Waals surface area contributed by atoms with Crippen LogP contribution in [0.3, 0.4) is 0 Å². The fourth-order valence-corrected chi connectivity index (χ4v) is 1.75. The maximum atomic E-state index is 11.6. The van der Waals surface area contributed by atoms with Crippen LogP contribution in [0, 0.1) is 6.92 Å². The summed E-state index contributed by atoms with van der Waals surface area (Å²) in [5, 5.41) is 9.11. The van der Waals surface area contributed by atoms with Gasteiger partial charge in [0.15, 0.2) is 0 Å². The topological polar surface area (TPSA) is 57.6 Å². The molecule has 0 spiro atoms. The van der Waals surface area contributed by atoms with E-state index in [-0.39, 0.29) is 5.91 Å². The number of aliphatic carboxylic acids is 1. The molecule has 92 valence electrons. The minimum atomic E-state index is -0.983. The maximum Gasteiger partial charge on any atom is 0.326 e. The van der Waals surface area contributed by atoms with Crippen molar-refractivity contribution >= 4 is 17.6 Å². The highest BCUT2D eigenvalue weighted by Crippen LogP contribution is 2.19. The molecule has 0 radical (unpaired) electrons. The number of nitrogens with zero attached hydrogens (tertiary/aromatic N) is 1. The summed E-state index contributed by atoms with van der Waals surface area (Å²) in [5.74, 6) is -1.24. The van der Waals surface area contributed by atoms with Crippen molar-refractivity contribution in [3.8, 4) is 0 Å². The van der Waals surface area contributed by atoms with Crippen molar-refractivity contribution in [1.29, 1.82) is 0 Å². The molecule has 0 saturated carbocycles. The molecular weight excluding hydrogens is 218 g/mol. The minimum absolute atomic E-state index is 0.261. The standard InChI is InChI=1S/C13H17NO3/c1-4-12(13(16)17)14(10(3)15)11-7-5-9(2)6-8-11/h5-8,12H,4H2,1-3H3,(H,16,17). The van der Waals surface area contributed by atoms with E-state index in [1.54, 1.807) is 19.1 Å². The van der Waals surface area contributed by atoms with Crippen molar-refractivity contribution in [3.63, 3.8) is 0 Å². The summed E-state index contributed by atoms with van der Waals surface area (Å²) in [6, 6.07) is 6.44. The van der Waals surface area contributed by atoms with Crippen LogP contribution in [-0.2, 0) is 9.59 Å². The predicted molar refractivity (Wildman–Crippen MR) is 66.1 cm³/mol. The molecule has 0 bridgehead atoms. The number of carbonyl (C=O) groups is 2. The first kappa shape index (κ1) is 13.2. The molecule has 0 aromatic heterocycles. The summed E-state index contributed by atoms with van der Waals surface area (Å²) >= 11 is 0. The third-order valence-corrected chi connectivity index (χ3v) is 2.63. The van der Waals surface area contributed by atoms with E-state index < -0.39 is 12.0 Å². The third kappa shape index (κ3) is 3.06. The van der Waals surface area contributed by atoms with Gasteiger partial charge in [0.25, 0.3) is 0 Å². The molecule has 17 heavy (non-hydrogen) atoms. The molecule has 0 aliphatic carbocycles. The number of benzene rings is 1. The van der Waals surface area contributed by atoms with Crippen molar-refractivity contribution in [2.45, 2.75) is 33.2 Å². The van der Waals surface area contributed by atoms with E-state index in [0.717, 1.165) is 5.56 Å². The Labute approximate surface area is 101 Å². The fourth-order valence-electron chi connectivity index (χ4n) is 1.75. The Morgan fingerprint density at radius 3 is 2.18 bits per heavy atom. The minimum Gasteiger partial charge on any atom is -0.480 e. The lowest BCUT2D eigenvalue weighted by Gasteiger charge is -2.27. The molecule has 1 atom stereocenters. The van der Waals surface area contributed by atoms with E-state index in [2.05, 4.69) is 0 Å². The van der Waals surface area contributed by atoms with E-state index in [9.17, 15) is 9.59 Å². The number of amides is 1. The van der Waals surface area contributed by atoms with E-state index >= 15 is 0 Å². The average Bonchev–Trinajstić information content (AvgIpc) is 2.26. The summed E-state index contributed by atoms with van der Waals surface area (Å²) in [6.45, 7) is 5.07. The lowest BCUT2D eigenvalue weighted by Crippen LogP contribution is -2.43. The Balaban J connectivity index is 3.12. The molecule has 0 aliphatic rings. The van der Waals surface area contributed by atoms with Crippen molar-refractivity contribution in [2.75, 3.05) is 4.90 Å². The fraction of sp³-hybridized carbons (Fsp3) is 0.385. The lowest BCUT2D eigenvalue weighted by atomic mass is 10.1. The summed E-state index contributed by atoms with van der Waals surface area (Å²) in [5.41, 5.74) is 1.69. The van der Waals surface area contributed by atoms with Gasteiger partial charge in [0.05, 0.1) is 0 Å². The number of hydrogen-bond donors (Lipinski definition) is 1. The summed E-state index contributed by atoms with van der Waals surface area (Å²) in [7, 11) is 0. The maximum absolute atomic E-state index is 11.6. The van der Waals surface area contributed by atoms with Gasteiger partial charge < -0.3 is 5.11 Å². The van der Waals surface area contributed by atoms with Gasteiger partial charge in [-0.1, -0.05) is 24.6 Å². The molecule has 0 aliphatic heterocycles. The zero-order valence-electron chi connectivity index (χ0n) is 10.3. The number of rotatable bonds is 4. The van der Waals surface area contributed by atoms with Gasteiger partial charge in [-0.3, -0.25) is 9.69 Å². The largest absolute Gasteiger partial charge is 0.480 e. The van der Waals surface area contributed by atoms with Crippen LogP contribution in [0.1, 0.15) is 25.8 Å². The first-order valence-corrected chi connectivity index (χ1v) is 5.56. The SMILES string of the molecule is CCC(C(=O)O)N(C(C)=O)c1ccc(C)cc1. The highest BCUT2D eigenvalue weighted by atomic mass is 16.4. The van der Waals surface area contributed by atoms with Crippen molar-refractivity contribution in [3.05, 3.63) is 29.8 Å². The Morgan fingerprint density at radius 2 is 1.82 bits per heavy atom. The van der Waals surface area contributed by atoms with Gasteiger partial charge in [-0.25, -0.2) is 4.79 Å². The summed E-state index contributed by atoms with van der Waals surface area (Å²) in [6.07, 6.45) is 0.378. The third-order valence-electron chi connectivity index (χ3n) is 2.63. The van der Waals surface area contributed by atoms with Crippen LogP contribution in [0.2, 0.25) is 0 Å². The number of carbonyl (C=O) groups excluding carboxylic acids is 1. The molecule has 0 saturated heterocycles. The number of carboxylic acids is 1. The van der Waals surface area contributed by atoms with E-state index in [1.165, 1.54) is 11.8 Å². The molecule has 4 heteroatoms. The second-order valence-corrected chi connectivity index (χ2v) is 3.99. The quantitative estimate of drug-likeness (QED) is 0.870. The first-order valence-electron chi connectivity index (χ1n) is 5.56. The average molecular weight is 235 g/mol. The van der Waals surface area contributed by atoms with Crippen LogP contribution < -0.4 is 4.90 Å². The number of carboxylic acid groups (broad SMARTS) is 1. The van der Waals surface area contributed by atoms with Crippen molar-refractivity contribution in [1.82, 2.24) is 0 Å². The Morgan fingerprint density at radius 1 is 1.29 bits per heavy atom. The molecule has 0 heterocycles. The van der Waals surface area contributed by atoms with Crippen LogP contribution >= 0.6 is 0 Å². The molecule has 4 nitrogen and oxygen atoms in total. The smallest absolute Gasteiger partial charge is 0.326 e. The summed E-state index contributed by atoms with van der Waals surface area (Å²) in [4.78, 5) is 24.0. The van der Waals surface area contributed by atoms with Gasteiger partial charge in [0, 0.05) is 12.6 Å². The highest BCUT2D eigenvalue weighted by molar-refractivity contribution is 5.97. The van der Waals surface area contributed by atoms with Crippen LogP contribution in [0.15, 0.2) is 24.3 Å². The van der Waals surface area contributed by atoms with Gasteiger partial charge in [-0.05, 0) is 25.5 Å². The first-order chi connectivity index (χ1) is 7.97. The van der Waals surface area contributed by atoms with E-state index in [0.29, 0.717) is 12.1 Å².